The van der Waals surface area contributed by atoms with Crippen molar-refractivity contribution in [1.29, 1.82) is 0 Å². The van der Waals surface area contributed by atoms with Crippen molar-refractivity contribution in [3.63, 3.8) is 0 Å². The number of carbonyl (C=O) groups excluding carboxylic acids is 1. The molecule has 1 aliphatic rings. The van der Waals surface area contributed by atoms with E-state index < -0.39 is 5.82 Å². The molecule has 1 aromatic carbocycles. The maximum Gasteiger partial charge on any atom is 0.254 e. The van der Waals surface area contributed by atoms with Crippen LogP contribution in [0.1, 0.15) is 46.4 Å². The lowest BCUT2D eigenvalue weighted by Crippen LogP contribution is -2.29. The molecule has 0 saturated carbocycles. The highest BCUT2D eigenvalue weighted by Crippen LogP contribution is 2.17. The van der Waals surface area contributed by atoms with E-state index in [0.29, 0.717) is 17.0 Å². The van der Waals surface area contributed by atoms with Crippen LogP contribution in [0.25, 0.3) is 0 Å². The number of halogens is 1. The zero-order valence-electron chi connectivity index (χ0n) is 18.8. The van der Waals surface area contributed by atoms with Crippen LogP contribution in [0.4, 0.5) is 4.39 Å². The number of likely N-dealkylation sites (tertiary alicyclic amines) is 1. The highest BCUT2D eigenvalue weighted by Gasteiger charge is 2.14. The summed E-state index contributed by atoms with van der Waals surface area (Å²) in [5, 5.41) is 0. The summed E-state index contributed by atoms with van der Waals surface area (Å²) in [6.45, 7) is 5.18. The summed E-state index contributed by atoms with van der Waals surface area (Å²) in [5.74, 6) is -0.158. The number of ether oxygens (including phenoxy) is 1. The summed E-state index contributed by atoms with van der Waals surface area (Å²) in [4.78, 5) is 31.7. The molecule has 6 nitrogen and oxygen atoms in total. The van der Waals surface area contributed by atoms with Crippen LogP contribution >= 0.6 is 0 Å². The molecule has 0 spiro atoms. The van der Waals surface area contributed by atoms with Crippen LogP contribution in [0.5, 0.6) is 5.75 Å². The number of hydrogen-bond donors (Lipinski definition) is 0. The Morgan fingerprint density at radius 2 is 1.91 bits per heavy atom. The van der Waals surface area contributed by atoms with E-state index in [1.807, 2.05) is 19.1 Å². The van der Waals surface area contributed by atoms with Gasteiger partial charge < -0.3 is 9.30 Å². The summed E-state index contributed by atoms with van der Waals surface area (Å²) in [6.07, 6.45) is 6.47. The fourth-order valence-electron chi connectivity index (χ4n) is 4.11. The number of benzene rings is 1. The molecule has 33 heavy (non-hydrogen) atoms. The van der Waals surface area contributed by atoms with Crippen molar-refractivity contribution in [3.05, 3.63) is 93.4 Å². The fourth-order valence-corrected chi connectivity index (χ4v) is 4.11. The first kappa shape index (κ1) is 22.9. The van der Waals surface area contributed by atoms with Gasteiger partial charge in [0.15, 0.2) is 5.78 Å². The number of aromatic nitrogens is 2. The number of pyridine rings is 2. The summed E-state index contributed by atoms with van der Waals surface area (Å²) in [5.41, 5.74) is 2.99. The minimum Gasteiger partial charge on any atom is -0.487 e. The van der Waals surface area contributed by atoms with Gasteiger partial charge in [0, 0.05) is 24.4 Å². The normalized spacial score (nSPS) is 14.2. The lowest BCUT2D eigenvalue weighted by atomic mass is 10.0. The van der Waals surface area contributed by atoms with Gasteiger partial charge in [0.2, 0.25) is 0 Å². The Hall–Kier alpha value is -3.32. The molecule has 1 fully saturated rings. The van der Waals surface area contributed by atoms with E-state index in [0.717, 1.165) is 31.4 Å². The van der Waals surface area contributed by atoms with Gasteiger partial charge in [-0.05, 0) is 62.2 Å². The Kier molecular flexibility index (Phi) is 7.29. The Morgan fingerprint density at radius 1 is 1.09 bits per heavy atom. The monoisotopic (exact) mass is 449 g/mol. The SMILES string of the molecule is Cc1cc(CN2CCCCC2)ccc1C(=O)Cn1ccc(OCc2ccc(F)cn2)cc1=O. The molecule has 7 heteroatoms. The average molecular weight is 450 g/mol. The van der Waals surface area contributed by atoms with Gasteiger partial charge in [-0.3, -0.25) is 19.5 Å². The van der Waals surface area contributed by atoms with Gasteiger partial charge in [0.05, 0.1) is 18.4 Å². The number of Topliss-reactive ketones (excluding diaryl/α,β-unsaturated/α-hetero) is 1. The number of ketones is 1. The average Bonchev–Trinajstić information content (AvgIpc) is 2.81. The fraction of sp³-hybridized carbons (Fsp3) is 0.346. The van der Waals surface area contributed by atoms with Gasteiger partial charge in [-0.25, -0.2) is 4.39 Å². The molecule has 2 aromatic heterocycles. The van der Waals surface area contributed by atoms with E-state index >= 15 is 0 Å². The van der Waals surface area contributed by atoms with Gasteiger partial charge in [0.1, 0.15) is 18.2 Å². The highest BCUT2D eigenvalue weighted by atomic mass is 19.1. The van der Waals surface area contributed by atoms with Crippen LogP contribution in [0.2, 0.25) is 0 Å². The van der Waals surface area contributed by atoms with E-state index in [-0.39, 0.29) is 24.5 Å². The van der Waals surface area contributed by atoms with Gasteiger partial charge in [-0.1, -0.05) is 24.6 Å². The van der Waals surface area contributed by atoms with E-state index in [1.165, 1.54) is 47.6 Å². The van der Waals surface area contributed by atoms with Crippen molar-refractivity contribution in [1.82, 2.24) is 14.5 Å². The topological polar surface area (TPSA) is 64.4 Å². The van der Waals surface area contributed by atoms with E-state index in [9.17, 15) is 14.0 Å². The molecule has 1 saturated heterocycles. The lowest BCUT2D eigenvalue weighted by Gasteiger charge is -2.26. The smallest absolute Gasteiger partial charge is 0.254 e. The highest BCUT2D eigenvalue weighted by molar-refractivity contribution is 5.97. The molecule has 0 amide bonds. The second kappa shape index (κ2) is 10.5. The van der Waals surface area contributed by atoms with Crippen molar-refractivity contribution < 1.29 is 13.9 Å². The second-order valence-corrected chi connectivity index (χ2v) is 8.49. The van der Waals surface area contributed by atoms with Crippen LogP contribution in [0.15, 0.2) is 59.7 Å². The molecule has 3 aromatic rings. The molecule has 0 atom stereocenters. The molecule has 1 aliphatic heterocycles. The maximum atomic E-state index is 12.9. The number of aryl methyl sites for hydroxylation is 1. The number of nitrogens with zero attached hydrogens (tertiary/aromatic N) is 3. The number of piperidine rings is 1. The molecule has 4 rings (SSSR count). The maximum absolute atomic E-state index is 12.9. The molecule has 0 N–H and O–H groups in total. The molecule has 0 unspecified atom stereocenters. The van der Waals surface area contributed by atoms with Crippen molar-refractivity contribution in [3.8, 4) is 5.75 Å². The first-order valence-corrected chi connectivity index (χ1v) is 11.3. The molecular formula is C26H28FN3O3. The second-order valence-electron chi connectivity index (χ2n) is 8.49. The predicted octanol–water partition coefficient (Wildman–Crippen LogP) is 4.14. The minimum atomic E-state index is -0.419. The lowest BCUT2D eigenvalue weighted by molar-refractivity contribution is 0.0970. The van der Waals surface area contributed by atoms with Crippen LogP contribution in [0.3, 0.4) is 0 Å². The van der Waals surface area contributed by atoms with Crippen molar-refractivity contribution in [2.45, 2.75) is 45.9 Å². The Bertz CT molecular complexity index is 1170. The Labute approximate surface area is 192 Å². The van der Waals surface area contributed by atoms with E-state index in [2.05, 4.69) is 16.0 Å². The Balaban J connectivity index is 1.37. The van der Waals surface area contributed by atoms with Crippen molar-refractivity contribution in [2.75, 3.05) is 13.1 Å². The van der Waals surface area contributed by atoms with Crippen LogP contribution < -0.4 is 10.3 Å². The number of carbonyl (C=O) groups is 1. The molecule has 0 radical (unpaired) electrons. The zero-order chi connectivity index (χ0) is 23.2. The standard InChI is InChI=1S/C26H28FN3O3/c1-19-13-20(16-29-10-3-2-4-11-29)5-8-24(19)25(31)17-30-12-9-23(14-26(30)32)33-18-22-7-6-21(27)15-28-22/h5-9,12-15H,2-4,10-11,16-18H2,1H3. The van der Waals surface area contributed by atoms with Crippen LogP contribution in [0, 0.1) is 12.7 Å². The van der Waals surface area contributed by atoms with Crippen LogP contribution in [-0.2, 0) is 19.7 Å². The summed E-state index contributed by atoms with van der Waals surface area (Å²) in [7, 11) is 0. The third-order valence-electron chi connectivity index (χ3n) is 5.90. The van der Waals surface area contributed by atoms with E-state index in [4.69, 9.17) is 4.74 Å². The van der Waals surface area contributed by atoms with Gasteiger partial charge >= 0.3 is 0 Å². The largest absolute Gasteiger partial charge is 0.487 e. The van der Waals surface area contributed by atoms with Gasteiger partial charge in [-0.15, -0.1) is 0 Å². The summed E-state index contributed by atoms with van der Waals surface area (Å²) in [6, 6.07) is 11.8. The first-order chi connectivity index (χ1) is 16.0. The van der Waals surface area contributed by atoms with Crippen LogP contribution in [-0.4, -0.2) is 33.3 Å². The van der Waals surface area contributed by atoms with Gasteiger partial charge in [0.25, 0.3) is 5.56 Å². The third-order valence-corrected chi connectivity index (χ3v) is 5.90. The summed E-state index contributed by atoms with van der Waals surface area (Å²) < 4.78 is 19.9. The van der Waals surface area contributed by atoms with Gasteiger partial charge in [-0.2, -0.15) is 0 Å². The molecular weight excluding hydrogens is 421 g/mol. The number of rotatable bonds is 8. The van der Waals surface area contributed by atoms with Crippen molar-refractivity contribution >= 4 is 5.78 Å². The van der Waals surface area contributed by atoms with Crippen molar-refractivity contribution in [2.24, 2.45) is 0 Å². The molecule has 172 valence electrons. The first-order valence-electron chi connectivity index (χ1n) is 11.3. The quantitative estimate of drug-likeness (QED) is 0.484. The minimum absolute atomic E-state index is 0.0368. The summed E-state index contributed by atoms with van der Waals surface area (Å²) >= 11 is 0. The Morgan fingerprint density at radius 3 is 2.61 bits per heavy atom. The molecule has 0 bridgehead atoms. The molecule has 3 heterocycles. The number of hydrogen-bond acceptors (Lipinski definition) is 5. The predicted molar refractivity (Wildman–Crippen MR) is 124 cm³/mol. The molecule has 0 aliphatic carbocycles. The zero-order valence-corrected chi connectivity index (χ0v) is 18.8. The van der Waals surface area contributed by atoms with E-state index in [1.54, 1.807) is 12.3 Å². The third kappa shape index (κ3) is 6.14.